The highest BCUT2D eigenvalue weighted by Gasteiger charge is 2.46. The first-order chi connectivity index (χ1) is 13.4. The molecule has 1 saturated carbocycles. The number of ether oxygens (including phenoxy) is 1. The molecule has 4 nitrogen and oxygen atoms in total. The molecule has 2 aromatic carbocycles. The van der Waals surface area contributed by atoms with Crippen molar-refractivity contribution in [2.75, 3.05) is 7.05 Å². The van der Waals surface area contributed by atoms with Crippen molar-refractivity contribution in [3.63, 3.8) is 0 Å². The Bertz CT molecular complexity index is 831. The van der Waals surface area contributed by atoms with Crippen LogP contribution >= 0.6 is 0 Å². The SMILES string of the molecule is C[C@H](OC(=O)C1(c2ccccc2F)CCCC1)C(=O)N(C)Cc1ccccc1. The van der Waals surface area contributed by atoms with Crippen molar-refractivity contribution < 1.29 is 18.7 Å². The van der Waals surface area contributed by atoms with Crippen LogP contribution in [-0.2, 0) is 26.3 Å². The topological polar surface area (TPSA) is 46.6 Å². The van der Waals surface area contributed by atoms with Crippen LogP contribution in [0.2, 0.25) is 0 Å². The third kappa shape index (κ3) is 4.08. The van der Waals surface area contributed by atoms with Gasteiger partial charge < -0.3 is 9.64 Å². The molecule has 0 heterocycles. The third-order valence-corrected chi connectivity index (χ3v) is 5.51. The predicted octanol–water partition coefficient (Wildman–Crippen LogP) is 4.23. The van der Waals surface area contributed by atoms with E-state index in [1.807, 2.05) is 30.3 Å². The number of amides is 1. The summed E-state index contributed by atoms with van der Waals surface area (Å²) in [6.45, 7) is 2.01. The smallest absolute Gasteiger partial charge is 0.317 e. The summed E-state index contributed by atoms with van der Waals surface area (Å²) in [6.07, 6.45) is 1.81. The zero-order chi connectivity index (χ0) is 20.1. The molecule has 1 fully saturated rings. The van der Waals surface area contributed by atoms with E-state index in [2.05, 4.69) is 0 Å². The Labute approximate surface area is 165 Å². The van der Waals surface area contributed by atoms with Crippen molar-refractivity contribution in [3.05, 3.63) is 71.5 Å². The summed E-state index contributed by atoms with van der Waals surface area (Å²) in [5, 5.41) is 0. The molecule has 0 unspecified atom stereocenters. The summed E-state index contributed by atoms with van der Waals surface area (Å²) in [5.41, 5.74) is 0.364. The van der Waals surface area contributed by atoms with E-state index in [-0.39, 0.29) is 5.91 Å². The van der Waals surface area contributed by atoms with Gasteiger partial charge in [-0.2, -0.15) is 0 Å². The van der Waals surface area contributed by atoms with Gasteiger partial charge in [0.15, 0.2) is 6.10 Å². The molecule has 1 aliphatic rings. The van der Waals surface area contributed by atoms with Crippen LogP contribution in [0.4, 0.5) is 4.39 Å². The largest absolute Gasteiger partial charge is 0.452 e. The Balaban J connectivity index is 1.71. The number of rotatable bonds is 6. The Hall–Kier alpha value is -2.69. The molecular weight excluding hydrogens is 357 g/mol. The highest BCUT2D eigenvalue weighted by Crippen LogP contribution is 2.43. The van der Waals surface area contributed by atoms with Crippen molar-refractivity contribution in [2.45, 2.75) is 50.7 Å². The quantitative estimate of drug-likeness (QED) is 0.702. The summed E-state index contributed by atoms with van der Waals surface area (Å²) in [7, 11) is 1.68. The molecule has 0 aliphatic heterocycles. The van der Waals surface area contributed by atoms with Gasteiger partial charge in [0.25, 0.3) is 5.91 Å². The molecular formula is C23H26FNO3. The van der Waals surface area contributed by atoms with Crippen LogP contribution in [0.5, 0.6) is 0 Å². The molecule has 0 aromatic heterocycles. The molecule has 1 atom stereocenters. The lowest BCUT2D eigenvalue weighted by Gasteiger charge is -2.30. The van der Waals surface area contributed by atoms with Crippen molar-refractivity contribution in [1.29, 1.82) is 0 Å². The fourth-order valence-electron chi connectivity index (χ4n) is 3.98. The average Bonchev–Trinajstić information content (AvgIpc) is 3.19. The highest BCUT2D eigenvalue weighted by atomic mass is 19.1. The first-order valence-corrected chi connectivity index (χ1v) is 9.69. The maximum absolute atomic E-state index is 14.4. The molecule has 2 aromatic rings. The zero-order valence-electron chi connectivity index (χ0n) is 16.4. The highest BCUT2D eigenvalue weighted by molar-refractivity contribution is 5.88. The lowest BCUT2D eigenvalue weighted by atomic mass is 9.78. The van der Waals surface area contributed by atoms with E-state index >= 15 is 0 Å². The predicted molar refractivity (Wildman–Crippen MR) is 105 cm³/mol. The fourth-order valence-corrected chi connectivity index (χ4v) is 3.98. The second-order valence-corrected chi connectivity index (χ2v) is 7.50. The molecule has 0 saturated heterocycles. The molecule has 0 radical (unpaired) electrons. The normalized spacial score (nSPS) is 16.4. The Kier molecular flexibility index (Phi) is 6.12. The molecule has 5 heteroatoms. The maximum atomic E-state index is 14.4. The average molecular weight is 383 g/mol. The molecule has 0 bridgehead atoms. The number of carbonyl (C=O) groups is 2. The summed E-state index contributed by atoms with van der Waals surface area (Å²) >= 11 is 0. The van der Waals surface area contributed by atoms with Gasteiger partial charge in [-0.15, -0.1) is 0 Å². The van der Waals surface area contributed by atoms with Crippen LogP contribution in [0.1, 0.15) is 43.7 Å². The van der Waals surface area contributed by atoms with Gasteiger partial charge in [0.1, 0.15) is 5.82 Å². The standard InChI is InChI=1S/C23H26FNO3/c1-17(21(26)25(2)16-18-10-4-3-5-11-18)28-22(27)23(14-8-9-15-23)19-12-6-7-13-20(19)24/h3-7,10-13,17H,8-9,14-16H2,1-2H3/t17-/m0/s1. The Morgan fingerprint density at radius 1 is 1.07 bits per heavy atom. The second kappa shape index (κ2) is 8.55. The summed E-state index contributed by atoms with van der Waals surface area (Å²) < 4.78 is 20.0. The van der Waals surface area contributed by atoms with Gasteiger partial charge in [0.05, 0.1) is 5.41 Å². The number of halogens is 1. The fraction of sp³-hybridized carbons (Fsp3) is 0.391. The van der Waals surface area contributed by atoms with Crippen molar-refractivity contribution in [3.8, 4) is 0 Å². The van der Waals surface area contributed by atoms with E-state index in [1.165, 1.54) is 11.0 Å². The number of benzene rings is 2. The molecule has 1 aliphatic carbocycles. The number of carbonyl (C=O) groups excluding carboxylic acids is 2. The molecule has 28 heavy (non-hydrogen) atoms. The number of likely N-dealkylation sites (N-methyl/N-ethyl adjacent to an activating group) is 1. The maximum Gasteiger partial charge on any atom is 0.317 e. The van der Waals surface area contributed by atoms with Crippen LogP contribution in [0.3, 0.4) is 0 Å². The summed E-state index contributed by atoms with van der Waals surface area (Å²) in [4.78, 5) is 27.3. The van der Waals surface area contributed by atoms with E-state index < -0.39 is 23.3 Å². The van der Waals surface area contributed by atoms with Gasteiger partial charge in [0.2, 0.25) is 0 Å². The first-order valence-electron chi connectivity index (χ1n) is 9.69. The van der Waals surface area contributed by atoms with E-state index in [1.54, 1.807) is 32.2 Å². The molecule has 3 rings (SSSR count). The van der Waals surface area contributed by atoms with Crippen LogP contribution in [0.25, 0.3) is 0 Å². The van der Waals surface area contributed by atoms with Gasteiger partial charge in [-0.1, -0.05) is 61.4 Å². The zero-order valence-corrected chi connectivity index (χ0v) is 16.4. The van der Waals surface area contributed by atoms with Crippen LogP contribution < -0.4 is 0 Å². The van der Waals surface area contributed by atoms with Gasteiger partial charge in [-0.3, -0.25) is 9.59 Å². The lowest BCUT2D eigenvalue weighted by molar-refractivity contribution is -0.163. The molecule has 0 N–H and O–H groups in total. The monoisotopic (exact) mass is 383 g/mol. The van der Waals surface area contributed by atoms with Crippen molar-refractivity contribution in [2.24, 2.45) is 0 Å². The Morgan fingerprint density at radius 2 is 1.68 bits per heavy atom. The number of esters is 1. The Morgan fingerprint density at radius 3 is 2.32 bits per heavy atom. The van der Waals surface area contributed by atoms with Gasteiger partial charge in [0, 0.05) is 19.2 Å². The molecule has 1 amide bonds. The van der Waals surface area contributed by atoms with E-state index in [9.17, 15) is 14.0 Å². The van der Waals surface area contributed by atoms with Crippen molar-refractivity contribution >= 4 is 11.9 Å². The van der Waals surface area contributed by atoms with Crippen molar-refractivity contribution in [1.82, 2.24) is 4.90 Å². The summed E-state index contributed by atoms with van der Waals surface area (Å²) in [6, 6.07) is 16.0. The molecule has 148 valence electrons. The van der Waals surface area contributed by atoms with Gasteiger partial charge >= 0.3 is 5.97 Å². The van der Waals surface area contributed by atoms with E-state index in [0.717, 1.165) is 18.4 Å². The van der Waals surface area contributed by atoms with Gasteiger partial charge in [-0.25, -0.2) is 4.39 Å². The van der Waals surface area contributed by atoms with E-state index in [4.69, 9.17) is 4.74 Å². The molecule has 0 spiro atoms. The van der Waals surface area contributed by atoms with E-state index in [0.29, 0.717) is 24.9 Å². The van der Waals surface area contributed by atoms with Gasteiger partial charge in [-0.05, 0) is 31.4 Å². The van der Waals surface area contributed by atoms with Crippen LogP contribution in [-0.4, -0.2) is 29.9 Å². The number of hydrogen-bond donors (Lipinski definition) is 0. The second-order valence-electron chi connectivity index (χ2n) is 7.50. The number of hydrogen-bond acceptors (Lipinski definition) is 3. The number of nitrogens with zero attached hydrogens (tertiary/aromatic N) is 1. The third-order valence-electron chi connectivity index (χ3n) is 5.51. The summed E-state index contributed by atoms with van der Waals surface area (Å²) in [5.74, 6) is -1.19. The minimum absolute atomic E-state index is 0.279. The minimum atomic E-state index is -1.00. The van der Waals surface area contributed by atoms with Crippen LogP contribution in [0, 0.1) is 5.82 Å². The minimum Gasteiger partial charge on any atom is -0.452 e. The van der Waals surface area contributed by atoms with Crippen LogP contribution in [0.15, 0.2) is 54.6 Å². The lowest BCUT2D eigenvalue weighted by Crippen LogP contribution is -2.42. The first kappa shape index (κ1) is 20.1.